The van der Waals surface area contributed by atoms with Crippen molar-refractivity contribution in [1.82, 2.24) is 4.90 Å². The first-order valence-electron chi connectivity index (χ1n) is 5.31. The maximum Gasteiger partial charge on any atom is 0.223 e. The molecular weight excluding hydrogens is 176 g/mol. The van der Waals surface area contributed by atoms with E-state index in [0.717, 1.165) is 25.8 Å². The van der Waals surface area contributed by atoms with Gasteiger partial charge in [-0.15, -0.1) is 6.58 Å². The summed E-state index contributed by atoms with van der Waals surface area (Å²) in [5.74, 6) is 0.240. The van der Waals surface area contributed by atoms with Crippen LogP contribution in [-0.4, -0.2) is 29.4 Å². The molecule has 80 valence electrons. The molecule has 0 radical (unpaired) electrons. The van der Waals surface area contributed by atoms with Crippen LogP contribution in [0.5, 0.6) is 0 Å². The number of allylic oxidation sites excluding steroid dienone is 1. The molecule has 2 atom stereocenters. The Labute approximate surface area is 86.0 Å². The zero-order valence-electron chi connectivity index (χ0n) is 8.91. The van der Waals surface area contributed by atoms with Crippen molar-refractivity contribution in [2.45, 2.75) is 44.7 Å². The molecule has 0 saturated carbocycles. The van der Waals surface area contributed by atoms with Crippen molar-refractivity contribution in [3.05, 3.63) is 12.7 Å². The van der Waals surface area contributed by atoms with E-state index in [0.29, 0.717) is 12.5 Å². The first-order valence-corrected chi connectivity index (χ1v) is 5.31. The summed E-state index contributed by atoms with van der Waals surface area (Å²) in [7, 11) is 0. The second-order valence-electron chi connectivity index (χ2n) is 4.05. The number of hydrogen-bond acceptors (Lipinski definition) is 2. The van der Waals surface area contributed by atoms with Crippen LogP contribution < -0.4 is 5.73 Å². The molecule has 1 amide bonds. The Kier molecular flexibility index (Phi) is 4.14. The Morgan fingerprint density at radius 2 is 2.43 bits per heavy atom. The van der Waals surface area contributed by atoms with Gasteiger partial charge in [0.05, 0.1) is 0 Å². The van der Waals surface area contributed by atoms with Crippen LogP contribution in [0.2, 0.25) is 0 Å². The Balaban J connectivity index is 2.42. The van der Waals surface area contributed by atoms with Gasteiger partial charge in [0.1, 0.15) is 0 Å². The van der Waals surface area contributed by atoms with E-state index in [-0.39, 0.29) is 11.9 Å². The molecule has 1 rings (SSSR count). The number of amides is 1. The highest BCUT2D eigenvalue weighted by molar-refractivity contribution is 5.76. The van der Waals surface area contributed by atoms with Crippen LogP contribution in [0.1, 0.15) is 32.6 Å². The molecule has 3 nitrogen and oxygen atoms in total. The molecule has 0 spiro atoms. The molecule has 1 fully saturated rings. The second kappa shape index (κ2) is 5.15. The lowest BCUT2D eigenvalue weighted by Gasteiger charge is -2.36. The molecule has 3 heteroatoms. The van der Waals surface area contributed by atoms with Crippen molar-refractivity contribution in [1.29, 1.82) is 0 Å². The number of rotatable bonds is 3. The van der Waals surface area contributed by atoms with Crippen LogP contribution in [0, 0.1) is 0 Å². The summed E-state index contributed by atoms with van der Waals surface area (Å²) < 4.78 is 0. The molecule has 1 saturated heterocycles. The lowest BCUT2D eigenvalue weighted by Crippen LogP contribution is -2.48. The third kappa shape index (κ3) is 2.84. The fourth-order valence-corrected chi connectivity index (χ4v) is 1.95. The summed E-state index contributed by atoms with van der Waals surface area (Å²) in [6.07, 6.45) is 5.01. The number of carbonyl (C=O) groups is 1. The molecule has 0 aromatic heterocycles. The summed E-state index contributed by atoms with van der Waals surface area (Å²) in [6, 6.07) is 0.574. The van der Waals surface area contributed by atoms with Crippen LogP contribution in [0.4, 0.5) is 0 Å². The van der Waals surface area contributed by atoms with Gasteiger partial charge >= 0.3 is 0 Å². The molecule has 1 aliphatic heterocycles. The minimum Gasteiger partial charge on any atom is -0.340 e. The summed E-state index contributed by atoms with van der Waals surface area (Å²) >= 11 is 0. The second-order valence-corrected chi connectivity index (χ2v) is 4.05. The van der Waals surface area contributed by atoms with E-state index in [1.807, 2.05) is 4.90 Å². The summed E-state index contributed by atoms with van der Waals surface area (Å²) in [5.41, 5.74) is 5.83. The van der Waals surface area contributed by atoms with Crippen molar-refractivity contribution in [2.75, 3.05) is 6.54 Å². The van der Waals surface area contributed by atoms with Gasteiger partial charge in [0.25, 0.3) is 0 Å². The molecule has 14 heavy (non-hydrogen) atoms. The van der Waals surface area contributed by atoms with Crippen LogP contribution in [-0.2, 0) is 4.79 Å². The SMILES string of the molecule is C=CCCC(=O)N1CCC(N)CC1C. The molecule has 0 aromatic rings. The summed E-state index contributed by atoms with van der Waals surface area (Å²) in [4.78, 5) is 13.7. The van der Waals surface area contributed by atoms with E-state index in [1.54, 1.807) is 6.08 Å². The molecule has 1 heterocycles. The number of carbonyl (C=O) groups excluding carboxylic acids is 1. The van der Waals surface area contributed by atoms with E-state index in [4.69, 9.17) is 5.73 Å². The van der Waals surface area contributed by atoms with Crippen molar-refractivity contribution in [3.8, 4) is 0 Å². The quantitative estimate of drug-likeness (QED) is 0.691. The molecule has 0 aliphatic carbocycles. The van der Waals surface area contributed by atoms with Gasteiger partial charge in [0.2, 0.25) is 5.91 Å². The number of piperidine rings is 1. The minimum absolute atomic E-state index is 0.240. The fourth-order valence-electron chi connectivity index (χ4n) is 1.95. The van der Waals surface area contributed by atoms with Crippen molar-refractivity contribution in [3.63, 3.8) is 0 Å². The van der Waals surface area contributed by atoms with Crippen LogP contribution in [0.15, 0.2) is 12.7 Å². The molecule has 2 N–H and O–H groups in total. The van der Waals surface area contributed by atoms with Gasteiger partial charge in [-0.3, -0.25) is 4.79 Å². The lowest BCUT2D eigenvalue weighted by molar-refractivity contribution is -0.134. The van der Waals surface area contributed by atoms with Gasteiger partial charge in [-0.25, -0.2) is 0 Å². The van der Waals surface area contributed by atoms with Gasteiger partial charge in [0.15, 0.2) is 0 Å². The maximum absolute atomic E-state index is 11.7. The normalized spacial score (nSPS) is 27.4. The summed E-state index contributed by atoms with van der Waals surface area (Å²) in [5, 5.41) is 0. The molecule has 0 aromatic carbocycles. The van der Waals surface area contributed by atoms with E-state index >= 15 is 0 Å². The largest absolute Gasteiger partial charge is 0.340 e. The van der Waals surface area contributed by atoms with E-state index in [9.17, 15) is 4.79 Å². The van der Waals surface area contributed by atoms with E-state index in [2.05, 4.69) is 13.5 Å². The summed E-state index contributed by atoms with van der Waals surface area (Å²) in [6.45, 7) is 6.51. The first-order chi connectivity index (χ1) is 6.65. The average molecular weight is 196 g/mol. The van der Waals surface area contributed by atoms with Gasteiger partial charge in [0, 0.05) is 25.0 Å². The minimum atomic E-state index is 0.240. The Morgan fingerprint density at radius 3 is 3.00 bits per heavy atom. The highest BCUT2D eigenvalue weighted by Crippen LogP contribution is 2.17. The molecule has 1 aliphatic rings. The van der Waals surface area contributed by atoms with E-state index < -0.39 is 0 Å². The zero-order chi connectivity index (χ0) is 10.6. The maximum atomic E-state index is 11.7. The van der Waals surface area contributed by atoms with Gasteiger partial charge < -0.3 is 10.6 Å². The highest BCUT2D eigenvalue weighted by atomic mass is 16.2. The van der Waals surface area contributed by atoms with Crippen LogP contribution in [0.3, 0.4) is 0 Å². The predicted octanol–water partition coefficient (Wildman–Crippen LogP) is 1.29. The van der Waals surface area contributed by atoms with Crippen molar-refractivity contribution >= 4 is 5.91 Å². The predicted molar refractivity (Wildman–Crippen MR) is 57.8 cm³/mol. The molecular formula is C11H20N2O. The van der Waals surface area contributed by atoms with E-state index in [1.165, 1.54) is 0 Å². The zero-order valence-corrected chi connectivity index (χ0v) is 8.91. The molecule has 0 bridgehead atoms. The van der Waals surface area contributed by atoms with Gasteiger partial charge in [-0.2, -0.15) is 0 Å². The Hall–Kier alpha value is -0.830. The van der Waals surface area contributed by atoms with Crippen molar-refractivity contribution < 1.29 is 4.79 Å². The topological polar surface area (TPSA) is 46.3 Å². The smallest absolute Gasteiger partial charge is 0.223 e. The van der Waals surface area contributed by atoms with Gasteiger partial charge in [-0.05, 0) is 26.2 Å². The number of likely N-dealkylation sites (tertiary alicyclic amines) is 1. The fraction of sp³-hybridized carbons (Fsp3) is 0.727. The Bertz CT molecular complexity index is 215. The van der Waals surface area contributed by atoms with Crippen LogP contribution >= 0.6 is 0 Å². The number of nitrogens with two attached hydrogens (primary N) is 1. The first kappa shape index (κ1) is 11.2. The average Bonchev–Trinajstić information content (AvgIpc) is 2.14. The Morgan fingerprint density at radius 1 is 1.71 bits per heavy atom. The standard InChI is InChI=1S/C11H20N2O/c1-3-4-5-11(14)13-7-6-10(12)8-9(13)2/h3,9-10H,1,4-8,12H2,2H3. The number of hydrogen-bond donors (Lipinski definition) is 1. The van der Waals surface area contributed by atoms with Crippen LogP contribution in [0.25, 0.3) is 0 Å². The number of nitrogens with zero attached hydrogens (tertiary/aromatic N) is 1. The third-order valence-electron chi connectivity index (χ3n) is 2.80. The monoisotopic (exact) mass is 196 g/mol. The highest BCUT2D eigenvalue weighted by Gasteiger charge is 2.26. The molecule has 2 unspecified atom stereocenters. The lowest BCUT2D eigenvalue weighted by atomic mass is 9.98. The van der Waals surface area contributed by atoms with Gasteiger partial charge in [-0.1, -0.05) is 6.08 Å². The third-order valence-corrected chi connectivity index (χ3v) is 2.80. The van der Waals surface area contributed by atoms with Crippen molar-refractivity contribution in [2.24, 2.45) is 5.73 Å².